The van der Waals surface area contributed by atoms with Crippen LogP contribution in [0, 0.1) is 6.92 Å². The minimum Gasteiger partial charge on any atom is -0.294 e. The molecule has 1 atom stereocenters. The van der Waals surface area contributed by atoms with Crippen LogP contribution in [-0.2, 0) is 0 Å². The van der Waals surface area contributed by atoms with E-state index in [-0.39, 0.29) is 11.7 Å². The molecule has 1 nitrogen and oxygen atoms in total. The molecule has 0 heterocycles. The Hall–Kier alpha value is -2.15. The third-order valence-corrected chi connectivity index (χ3v) is 3.53. The maximum atomic E-state index is 12.3. The number of rotatable bonds is 6. The molecule has 0 aliphatic carbocycles. The van der Waals surface area contributed by atoms with E-state index in [9.17, 15) is 4.79 Å². The zero-order valence-electron chi connectivity index (χ0n) is 11.9. The second kappa shape index (κ2) is 6.85. The molecule has 0 saturated heterocycles. The SMILES string of the molecule is C=CCC(CC(=O)c1ccccc1)c1ccc(C)cc1. The van der Waals surface area contributed by atoms with Gasteiger partial charge in [-0.1, -0.05) is 66.2 Å². The molecule has 1 unspecified atom stereocenters. The summed E-state index contributed by atoms with van der Waals surface area (Å²) in [6.45, 7) is 5.88. The Morgan fingerprint density at radius 3 is 2.35 bits per heavy atom. The van der Waals surface area contributed by atoms with Crippen molar-refractivity contribution in [3.8, 4) is 0 Å². The van der Waals surface area contributed by atoms with Crippen LogP contribution in [-0.4, -0.2) is 5.78 Å². The van der Waals surface area contributed by atoms with Crippen molar-refractivity contribution in [1.29, 1.82) is 0 Å². The van der Waals surface area contributed by atoms with Crippen molar-refractivity contribution in [2.24, 2.45) is 0 Å². The van der Waals surface area contributed by atoms with E-state index in [0.29, 0.717) is 6.42 Å². The Balaban J connectivity index is 2.15. The molecule has 0 aromatic heterocycles. The summed E-state index contributed by atoms with van der Waals surface area (Å²) in [4.78, 5) is 12.3. The number of hydrogen-bond acceptors (Lipinski definition) is 1. The Morgan fingerprint density at radius 2 is 1.75 bits per heavy atom. The van der Waals surface area contributed by atoms with Crippen LogP contribution < -0.4 is 0 Å². The minimum absolute atomic E-state index is 0.193. The van der Waals surface area contributed by atoms with Crippen LogP contribution in [0.5, 0.6) is 0 Å². The molecule has 0 bridgehead atoms. The highest BCUT2D eigenvalue weighted by Crippen LogP contribution is 2.26. The van der Waals surface area contributed by atoms with Gasteiger partial charge in [-0.2, -0.15) is 0 Å². The summed E-state index contributed by atoms with van der Waals surface area (Å²) < 4.78 is 0. The fourth-order valence-electron chi connectivity index (χ4n) is 2.34. The van der Waals surface area contributed by atoms with E-state index in [2.05, 4.69) is 37.8 Å². The van der Waals surface area contributed by atoms with Crippen molar-refractivity contribution >= 4 is 5.78 Å². The van der Waals surface area contributed by atoms with Crippen molar-refractivity contribution in [1.82, 2.24) is 0 Å². The Kier molecular flexibility index (Phi) is 4.89. The van der Waals surface area contributed by atoms with Crippen molar-refractivity contribution < 1.29 is 4.79 Å². The molecule has 0 amide bonds. The van der Waals surface area contributed by atoms with Crippen LogP contribution in [0.2, 0.25) is 0 Å². The molecule has 2 rings (SSSR count). The van der Waals surface area contributed by atoms with Crippen LogP contribution in [0.4, 0.5) is 0 Å². The molecule has 0 N–H and O–H groups in total. The highest BCUT2D eigenvalue weighted by molar-refractivity contribution is 5.96. The van der Waals surface area contributed by atoms with E-state index >= 15 is 0 Å². The second-order valence-corrected chi connectivity index (χ2v) is 5.13. The lowest BCUT2D eigenvalue weighted by molar-refractivity contribution is 0.0974. The van der Waals surface area contributed by atoms with Gasteiger partial charge in [0.2, 0.25) is 0 Å². The Bertz CT molecular complexity index is 566. The van der Waals surface area contributed by atoms with Gasteiger partial charge in [0.1, 0.15) is 0 Å². The van der Waals surface area contributed by atoms with E-state index in [0.717, 1.165) is 12.0 Å². The molecule has 0 radical (unpaired) electrons. The van der Waals surface area contributed by atoms with Crippen molar-refractivity contribution in [3.63, 3.8) is 0 Å². The second-order valence-electron chi connectivity index (χ2n) is 5.13. The molecule has 0 fully saturated rings. The lowest BCUT2D eigenvalue weighted by Gasteiger charge is -2.15. The zero-order valence-corrected chi connectivity index (χ0v) is 11.9. The number of carbonyl (C=O) groups is 1. The van der Waals surface area contributed by atoms with Gasteiger partial charge in [-0.15, -0.1) is 6.58 Å². The summed E-state index contributed by atoms with van der Waals surface area (Å²) in [6.07, 6.45) is 3.24. The smallest absolute Gasteiger partial charge is 0.163 e. The summed E-state index contributed by atoms with van der Waals surface area (Å²) in [5, 5.41) is 0. The topological polar surface area (TPSA) is 17.1 Å². The van der Waals surface area contributed by atoms with E-state index in [1.807, 2.05) is 36.4 Å². The summed E-state index contributed by atoms with van der Waals surface area (Å²) in [5.74, 6) is 0.402. The largest absolute Gasteiger partial charge is 0.294 e. The quantitative estimate of drug-likeness (QED) is 0.534. The van der Waals surface area contributed by atoms with Gasteiger partial charge in [0, 0.05) is 12.0 Å². The van der Waals surface area contributed by atoms with Crippen LogP contribution >= 0.6 is 0 Å². The highest BCUT2D eigenvalue weighted by atomic mass is 16.1. The van der Waals surface area contributed by atoms with E-state index < -0.39 is 0 Å². The van der Waals surface area contributed by atoms with Gasteiger partial charge < -0.3 is 0 Å². The number of aryl methyl sites for hydroxylation is 1. The predicted octanol–water partition coefficient (Wildman–Crippen LogP) is 4.93. The summed E-state index contributed by atoms with van der Waals surface area (Å²) >= 11 is 0. The normalized spacial score (nSPS) is 11.8. The van der Waals surface area contributed by atoms with Gasteiger partial charge in [0.15, 0.2) is 5.78 Å². The van der Waals surface area contributed by atoms with Gasteiger partial charge in [0.25, 0.3) is 0 Å². The molecule has 20 heavy (non-hydrogen) atoms. The minimum atomic E-state index is 0.193. The van der Waals surface area contributed by atoms with Gasteiger partial charge in [-0.25, -0.2) is 0 Å². The van der Waals surface area contributed by atoms with E-state index in [1.54, 1.807) is 0 Å². The number of allylic oxidation sites excluding steroid dienone is 1. The zero-order chi connectivity index (χ0) is 14.4. The molecule has 0 aliphatic rings. The summed E-state index contributed by atoms with van der Waals surface area (Å²) in [7, 11) is 0. The number of carbonyl (C=O) groups excluding carboxylic acids is 1. The average molecular weight is 264 g/mol. The number of ketones is 1. The molecular formula is C19H20O. The maximum Gasteiger partial charge on any atom is 0.163 e. The lowest BCUT2D eigenvalue weighted by Crippen LogP contribution is -2.07. The first-order valence-electron chi connectivity index (χ1n) is 6.96. The van der Waals surface area contributed by atoms with E-state index in [4.69, 9.17) is 0 Å². The average Bonchev–Trinajstić information content (AvgIpc) is 2.48. The summed E-state index contributed by atoms with van der Waals surface area (Å²) in [6, 6.07) is 17.9. The molecule has 0 spiro atoms. The van der Waals surface area contributed by atoms with Crippen molar-refractivity contribution in [3.05, 3.63) is 83.9 Å². The predicted molar refractivity (Wildman–Crippen MR) is 84.1 cm³/mol. The first kappa shape index (κ1) is 14.3. The molecule has 0 saturated carbocycles. The van der Waals surface area contributed by atoms with Gasteiger partial charge in [0.05, 0.1) is 0 Å². The molecular weight excluding hydrogens is 244 g/mol. The molecule has 1 heteroatoms. The van der Waals surface area contributed by atoms with Gasteiger partial charge >= 0.3 is 0 Å². The Morgan fingerprint density at radius 1 is 1.10 bits per heavy atom. The molecule has 102 valence electrons. The van der Waals surface area contributed by atoms with Gasteiger partial charge in [-0.3, -0.25) is 4.79 Å². The lowest BCUT2D eigenvalue weighted by atomic mass is 9.88. The van der Waals surface area contributed by atoms with E-state index in [1.165, 1.54) is 11.1 Å². The highest BCUT2D eigenvalue weighted by Gasteiger charge is 2.15. The Labute approximate surface area is 121 Å². The van der Waals surface area contributed by atoms with Crippen LogP contribution in [0.25, 0.3) is 0 Å². The molecule has 2 aromatic rings. The number of hydrogen-bond donors (Lipinski definition) is 0. The fraction of sp³-hybridized carbons (Fsp3) is 0.211. The van der Waals surface area contributed by atoms with Crippen LogP contribution in [0.3, 0.4) is 0 Å². The standard InChI is InChI=1S/C19H20O/c1-3-7-18(16-12-10-15(2)11-13-16)14-19(20)17-8-5-4-6-9-17/h3-6,8-13,18H,1,7,14H2,2H3. The number of Topliss-reactive ketones (excluding diaryl/α,β-unsaturated/α-hetero) is 1. The van der Waals surface area contributed by atoms with Gasteiger partial charge in [-0.05, 0) is 24.8 Å². The maximum absolute atomic E-state index is 12.3. The summed E-state index contributed by atoms with van der Waals surface area (Å²) in [5.41, 5.74) is 3.23. The first-order valence-corrected chi connectivity index (χ1v) is 6.96. The first-order chi connectivity index (χ1) is 9.70. The number of benzene rings is 2. The fourth-order valence-corrected chi connectivity index (χ4v) is 2.34. The van der Waals surface area contributed by atoms with Crippen molar-refractivity contribution in [2.75, 3.05) is 0 Å². The third-order valence-electron chi connectivity index (χ3n) is 3.53. The van der Waals surface area contributed by atoms with Crippen LogP contribution in [0.1, 0.15) is 40.2 Å². The molecule has 2 aromatic carbocycles. The van der Waals surface area contributed by atoms with Crippen LogP contribution in [0.15, 0.2) is 67.3 Å². The van der Waals surface area contributed by atoms with Crippen molar-refractivity contribution in [2.45, 2.75) is 25.7 Å². The third kappa shape index (κ3) is 3.67. The monoisotopic (exact) mass is 264 g/mol. The molecule has 0 aliphatic heterocycles.